The number of benzene rings is 2. The Morgan fingerprint density at radius 1 is 1.09 bits per heavy atom. The van der Waals surface area contributed by atoms with E-state index in [1.165, 1.54) is 0 Å². The van der Waals surface area contributed by atoms with Crippen molar-refractivity contribution in [3.63, 3.8) is 0 Å². The van der Waals surface area contributed by atoms with Crippen molar-refractivity contribution in [1.82, 2.24) is 10.2 Å². The van der Waals surface area contributed by atoms with Crippen LogP contribution in [0.3, 0.4) is 0 Å². The maximum atomic E-state index is 13.1. The first-order chi connectivity index (χ1) is 15.4. The van der Waals surface area contributed by atoms with Crippen LogP contribution in [0.15, 0.2) is 36.4 Å². The Hall–Kier alpha value is -3.06. The zero-order valence-corrected chi connectivity index (χ0v) is 18.8. The van der Waals surface area contributed by atoms with Gasteiger partial charge in [0, 0.05) is 6.54 Å². The van der Waals surface area contributed by atoms with E-state index in [2.05, 4.69) is 5.32 Å². The van der Waals surface area contributed by atoms with Crippen molar-refractivity contribution in [2.75, 3.05) is 19.8 Å². The Morgan fingerprint density at radius 2 is 1.75 bits per heavy atom. The molecule has 32 heavy (non-hydrogen) atoms. The van der Waals surface area contributed by atoms with Crippen molar-refractivity contribution < 1.29 is 23.9 Å². The number of hydrogen-bond donors (Lipinski definition) is 1. The average Bonchev–Trinajstić information content (AvgIpc) is 3.02. The summed E-state index contributed by atoms with van der Waals surface area (Å²) in [6.45, 7) is 5.15. The highest BCUT2D eigenvalue weighted by atomic mass is 35.5. The molecule has 0 aliphatic carbocycles. The summed E-state index contributed by atoms with van der Waals surface area (Å²) < 4.78 is 11.1. The minimum atomic E-state index is -0.869. The number of ether oxygens (including phenoxy) is 2. The third-order valence-corrected chi connectivity index (χ3v) is 5.78. The van der Waals surface area contributed by atoms with Gasteiger partial charge in [0.2, 0.25) is 5.91 Å². The number of halogens is 1. The van der Waals surface area contributed by atoms with Crippen LogP contribution < -0.4 is 14.8 Å². The van der Waals surface area contributed by atoms with Crippen LogP contribution >= 0.6 is 11.6 Å². The Morgan fingerprint density at radius 3 is 2.41 bits per heavy atom. The van der Waals surface area contributed by atoms with Crippen LogP contribution in [-0.4, -0.2) is 48.4 Å². The summed E-state index contributed by atoms with van der Waals surface area (Å²) in [5.41, 5.74) is 1.57. The number of nitrogens with one attached hydrogen (secondary N) is 1. The summed E-state index contributed by atoms with van der Waals surface area (Å²) in [5.74, 6) is 0.0423. The van der Waals surface area contributed by atoms with Gasteiger partial charge >= 0.3 is 0 Å². The lowest BCUT2D eigenvalue weighted by Gasteiger charge is -2.27. The number of rotatable bonds is 7. The lowest BCUT2D eigenvalue weighted by Crippen LogP contribution is -2.50. The normalized spacial score (nSPS) is 15.7. The Labute approximate surface area is 191 Å². The molecule has 0 saturated carbocycles. The number of fused-ring (bicyclic) bond motifs is 2. The predicted molar refractivity (Wildman–Crippen MR) is 119 cm³/mol. The van der Waals surface area contributed by atoms with Gasteiger partial charge in [0.25, 0.3) is 11.8 Å². The molecule has 0 fully saturated rings. The summed E-state index contributed by atoms with van der Waals surface area (Å²) in [6, 6.07) is 9.43. The van der Waals surface area contributed by atoms with Crippen molar-refractivity contribution in [3.8, 4) is 11.5 Å². The summed E-state index contributed by atoms with van der Waals surface area (Å²) in [4.78, 5) is 39.9. The molecule has 1 N–H and O–H groups in total. The molecule has 0 saturated heterocycles. The quantitative estimate of drug-likeness (QED) is 0.645. The first-order valence-corrected chi connectivity index (χ1v) is 11.1. The summed E-state index contributed by atoms with van der Waals surface area (Å²) in [7, 11) is 0. The molecule has 168 valence electrons. The second-order valence-corrected chi connectivity index (χ2v) is 8.72. The topological polar surface area (TPSA) is 84.9 Å². The molecule has 2 heterocycles. The summed E-state index contributed by atoms with van der Waals surface area (Å²) in [6.07, 6.45) is 0.895. The molecular weight excluding hydrogens is 432 g/mol. The molecular formula is C24H25ClN2O5. The minimum Gasteiger partial charge on any atom is -0.486 e. The number of carbonyl (C=O) groups is 3. The van der Waals surface area contributed by atoms with Crippen LogP contribution in [0.4, 0.5) is 0 Å². The molecule has 0 radical (unpaired) electrons. The van der Waals surface area contributed by atoms with Crippen molar-refractivity contribution in [3.05, 3.63) is 58.1 Å². The van der Waals surface area contributed by atoms with Crippen LogP contribution in [0.5, 0.6) is 11.5 Å². The highest BCUT2D eigenvalue weighted by Crippen LogP contribution is 2.38. The second-order valence-electron chi connectivity index (χ2n) is 8.31. The Bertz CT molecular complexity index is 1030. The first kappa shape index (κ1) is 22.1. The summed E-state index contributed by atoms with van der Waals surface area (Å²) >= 11 is 6.28. The zero-order chi connectivity index (χ0) is 22.8. The highest BCUT2D eigenvalue weighted by Gasteiger charge is 2.42. The second kappa shape index (κ2) is 9.20. The molecule has 4 rings (SSSR count). The monoisotopic (exact) mass is 456 g/mol. The standard InChI is InChI=1S/C24H25ClN2O5/c1-14(2)11-19(27-23(29)16-5-3-4-6-17(16)24(27)30)22(28)26-8-7-15-12-18(25)21-20(13-15)31-9-10-32-21/h3-6,12-14,19H,7-11H2,1-2H3,(H,26,28)/t19-/m1/s1. The number of nitrogens with zero attached hydrogens (tertiary/aromatic N) is 1. The van der Waals surface area contributed by atoms with Crippen LogP contribution in [0.2, 0.25) is 5.02 Å². The lowest BCUT2D eigenvalue weighted by molar-refractivity contribution is -0.125. The van der Waals surface area contributed by atoms with Gasteiger partial charge in [-0.05, 0) is 48.6 Å². The van der Waals surface area contributed by atoms with E-state index in [-0.39, 0.29) is 11.8 Å². The van der Waals surface area contributed by atoms with Gasteiger partial charge in [-0.15, -0.1) is 0 Å². The zero-order valence-electron chi connectivity index (χ0n) is 18.0. The van der Waals surface area contributed by atoms with Gasteiger partial charge in [0.05, 0.1) is 16.1 Å². The van der Waals surface area contributed by atoms with Crippen LogP contribution in [0.25, 0.3) is 0 Å². The minimum absolute atomic E-state index is 0.117. The molecule has 0 spiro atoms. The fraction of sp³-hybridized carbons (Fsp3) is 0.375. The van der Waals surface area contributed by atoms with Gasteiger partial charge in [-0.1, -0.05) is 37.6 Å². The molecule has 0 bridgehead atoms. The molecule has 3 amide bonds. The van der Waals surface area contributed by atoms with Gasteiger partial charge < -0.3 is 14.8 Å². The van der Waals surface area contributed by atoms with Crippen molar-refractivity contribution in [2.24, 2.45) is 5.92 Å². The van der Waals surface area contributed by atoms with Crippen molar-refractivity contribution >= 4 is 29.3 Å². The molecule has 2 aromatic carbocycles. The lowest BCUT2D eigenvalue weighted by atomic mass is 10.0. The van der Waals surface area contributed by atoms with E-state index in [4.69, 9.17) is 21.1 Å². The van der Waals surface area contributed by atoms with Gasteiger partial charge in [0.15, 0.2) is 11.5 Å². The maximum absolute atomic E-state index is 13.1. The molecule has 2 aliphatic heterocycles. The largest absolute Gasteiger partial charge is 0.486 e. The van der Waals surface area contributed by atoms with E-state index in [0.717, 1.165) is 10.5 Å². The van der Waals surface area contributed by atoms with Gasteiger partial charge in [-0.2, -0.15) is 0 Å². The predicted octanol–water partition coefficient (Wildman–Crippen LogP) is 3.48. The van der Waals surface area contributed by atoms with E-state index in [1.54, 1.807) is 30.3 Å². The Balaban J connectivity index is 1.45. The van der Waals surface area contributed by atoms with Gasteiger partial charge in [-0.25, -0.2) is 0 Å². The maximum Gasteiger partial charge on any atom is 0.262 e. The van der Waals surface area contributed by atoms with Gasteiger partial charge in [0.1, 0.15) is 19.3 Å². The Kier molecular flexibility index (Phi) is 6.37. The molecule has 0 unspecified atom stereocenters. The molecule has 0 aromatic heterocycles. The molecule has 1 atom stereocenters. The van der Waals surface area contributed by atoms with Crippen LogP contribution in [0, 0.1) is 5.92 Å². The highest BCUT2D eigenvalue weighted by molar-refractivity contribution is 6.32. The van der Waals surface area contributed by atoms with E-state index in [0.29, 0.717) is 60.2 Å². The number of hydrogen-bond acceptors (Lipinski definition) is 5. The van der Waals surface area contributed by atoms with Crippen molar-refractivity contribution in [2.45, 2.75) is 32.7 Å². The number of amides is 3. The number of imide groups is 1. The smallest absolute Gasteiger partial charge is 0.262 e. The van der Waals surface area contributed by atoms with Crippen LogP contribution in [0.1, 0.15) is 46.5 Å². The van der Waals surface area contributed by atoms with Crippen LogP contribution in [-0.2, 0) is 11.2 Å². The SMILES string of the molecule is CC(C)C[C@H](C(=O)NCCc1cc(Cl)c2c(c1)OCCO2)N1C(=O)c2ccccc2C1=O. The first-order valence-electron chi connectivity index (χ1n) is 10.7. The average molecular weight is 457 g/mol. The van der Waals surface area contributed by atoms with E-state index in [9.17, 15) is 14.4 Å². The summed E-state index contributed by atoms with van der Waals surface area (Å²) in [5, 5.41) is 3.35. The van der Waals surface area contributed by atoms with Gasteiger partial charge in [-0.3, -0.25) is 19.3 Å². The van der Waals surface area contributed by atoms with E-state index in [1.807, 2.05) is 19.9 Å². The third-order valence-electron chi connectivity index (χ3n) is 5.50. The fourth-order valence-corrected chi connectivity index (χ4v) is 4.31. The van der Waals surface area contributed by atoms with Crippen molar-refractivity contribution in [1.29, 1.82) is 0 Å². The number of carbonyl (C=O) groups excluding carboxylic acids is 3. The molecule has 7 nitrogen and oxygen atoms in total. The van der Waals surface area contributed by atoms with E-state index >= 15 is 0 Å². The van der Waals surface area contributed by atoms with E-state index < -0.39 is 17.9 Å². The molecule has 2 aliphatic rings. The molecule has 2 aromatic rings. The third kappa shape index (κ3) is 4.30. The fourth-order valence-electron chi connectivity index (χ4n) is 4.02. The molecule has 8 heteroatoms.